The number of rotatable bonds is 4. The van der Waals surface area contributed by atoms with Crippen LogP contribution in [0, 0.1) is 11.3 Å². The number of amides is 1. The van der Waals surface area contributed by atoms with Gasteiger partial charge in [0.05, 0.1) is 10.0 Å². The molecule has 4 nitrogen and oxygen atoms in total. The van der Waals surface area contributed by atoms with E-state index in [0.717, 1.165) is 5.56 Å². The third-order valence-corrected chi connectivity index (χ3v) is 3.56. The van der Waals surface area contributed by atoms with Crippen LogP contribution in [0.15, 0.2) is 48.3 Å². The van der Waals surface area contributed by atoms with Gasteiger partial charge in [0.2, 0.25) is 0 Å². The maximum Gasteiger partial charge on any atom is 0.262 e. The number of nitrogens with one attached hydrogen (secondary N) is 1. The number of nitrogens with zero attached hydrogens (tertiary/aromatic N) is 2. The van der Waals surface area contributed by atoms with E-state index in [-0.39, 0.29) is 5.57 Å². The number of hydrogen-bond donors (Lipinski definition) is 1. The third kappa shape index (κ3) is 4.32. The second-order valence-electron chi connectivity index (χ2n) is 4.38. The number of pyridine rings is 1. The van der Waals surface area contributed by atoms with Crippen LogP contribution in [-0.2, 0) is 11.3 Å². The highest BCUT2D eigenvalue weighted by atomic mass is 35.5. The molecule has 0 radical (unpaired) electrons. The van der Waals surface area contributed by atoms with Crippen LogP contribution >= 0.6 is 23.2 Å². The summed E-state index contributed by atoms with van der Waals surface area (Å²) >= 11 is 11.7. The van der Waals surface area contributed by atoms with E-state index in [9.17, 15) is 4.79 Å². The molecule has 1 aromatic carbocycles. The second-order valence-corrected chi connectivity index (χ2v) is 5.20. The number of benzene rings is 1. The lowest BCUT2D eigenvalue weighted by atomic mass is 10.1. The monoisotopic (exact) mass is 331 g/mol. The highest BCUT2D eigenvalue weighted by Crippen LogP contribution is 2.23. The number of nitriles is 1. The quantitative estimate of drug-likeness (QED) is 0.687. The Bertz CT molecular complexity index is 752. The Hall–Kier alpha value is -2.35. The Morgan fingerprint density at radius 2 is 1.95 bits per heavy atom. The molecule has 0 atom stereocenters. The largest absolute Gasteiger partial charge is 0.347 e. The van der Waals surface area contributed by atoms with Crippen molar-refractivity contribution in [2.24, 2.45) is 0 Å². The molecule has 1 amide bonds. The lowest BCUT2D eigenvalue weighted by Gasteiger charge is -2.04. The summed E-state index contributed by atoms with van der Waals surface area (Å²) in [5, 5.41) is 12.6. The summed E-state index contributed by atoms with van der Waals surface area (Å²) in [5.74, 6) is -0.453. The van der Waals surface area contributed by atoms with Crippen LogP contribution in [0.1, 0.15) is 11.1 Å². The molecular formula is C16H11Cl2N3O. The molecular weight excluding hydrogens is 321 g/mol. The summed E-state index contributed by atoms with van der Waals surface area (Å²) in [6.07, 6.45) is 4.74. The Balaban J connectivity index is 2.10. The molecule has 2 rings (SSSR count). The van der Waals surface area contributed by atoms with Crippen LogP contribution in [0.5, 0.6) is 0 Å². The van der Waals surface area contributed by atoms with Crippen molar-refractivity contribution in [3.8, 4) is 6.07 Å². The average molecular weight is 332 g/mol. The summed E-state index contributed by atoms with van der Waals surface area (Å²) in [6.45, 7) is 0.321. The summed E-state index contributed by atoms with van der Waals surface area (Å²) in [4.78, 5) is 15.9. The van der Waals surface area contributed by atoms with E-state index in [1.54, 1.807) is 42.7 Å². The van der Waals surface area contributed by atoms with Gasteiger partial charge in [0.25, 0.3) is 5.91 Å². The molecule has 2 aromatic rings. The van der Waals surface area contributed by atoms with Crippen molar-refractivity contribution in [3.63, 3.8) is 0 Å². The molecule has 110 valence electrons. The summed E-state index contributed by atoms with van der Waals surface area (Å²) in [5.41, 5.74) is 1.52. The summed E-state index contributed by atoms with van der Waals surface area (Å²) < 4.78 is 0. The lowest BCUT2D eigenvalue weighted by Crippen LogP contribution is -2.23. The number of halogens is 2. The normalized spacial score (nSPS) is 10.9. The highest BCUT2D eigenvalue weighted by Gasteiger charge is 2.09. The maximum absolute atomic E-state index is 12.0. The smallest absolute Gasteiger partial charge is 0.262 e. The molecule has 1 heterocycles. The zero-order valence-corrected chi connectivity index (χ0v) is 12.9. The first-order valence-electron chi connectivity index (χ1n) is 6.34. The Morgan fingerprint density at radius 3 is 2.59 bits per heavy atom. The van der Waals surface area contributed by atoms with Gasteiger partial charge in [-0.05, 0) is 41.5 Å². The molecule has 0 bridgehead atoms. The van der Waals surface area contributed by atoms with Crippen LogP contribution in [-0.4, -0.2) is 10.9 Å². The van der Waals surface area contributed by atoms with Crippen molar-refractivity contribution < 1.29 is 4.79 Å². The van der Waals surface area contributed by atoms with Gasteiger partial charge in [-0.15, -0.1) is 0 Å². The zero-order valence-electron chi connectivity index (χ0n) is 11.4. The van der Waals surface area contributed by atoms with Gasteiger partial charge in [-0.3, -0.25) is 9.78 Å². The third-order valence-electron chi connectivity index (χ3n) is 2.82. The van der Waals surface area contributed by atoms with Crippen LogP contribution in [0.3, 0.4) is 0 Å². The molecule has 0 spiro atoms. The summed E-state index contributed by atoms with van der Waals surface area (Å²) in [7, 11) is 0. The molecule has 0 saturated heterocycles. The fraction of sp³-hybridized carbons (Fsp3) is 0.0625. The van der Waals surface area contributed by atoms with Gasteiger partial charge < -0.3 is 5.32 Å². The van der Waals surface area contributed by atoms with Gasteiger partial charge in [0.1, 0.15) is 11.6 Å². The van der Waals surface area contributed by atoms with Gasteiger partial charge in [-0.25, -0.2) is 0 Å². The molecule has 0 aliphatic carbocycles. The molecule has 0 aliphatic rings. The molecule has 0 unspecified atom stereocenters. The van der Waals surface area contributed by atoms with E-state index < -0.39 is 5.91 Å². The Kier molecular flexibility index (Phi) is 5.54. The van der Waals surface area contributed by atoms with Crippen molar-refractivity contribution in [2.45, 2.75) is 6.54 Å². The zero-order chi connectivity index (χ0) is 15.9. The predicted octanol–water partition coefficient (Wildman–Crippen LogP) is 3.61. The number of hydrogen-bond acceptors (Lipinski definition) is 3. The van der Waals surface area contributed by atoms with E-state index in [2.05, 4.69) is 10.3 Å². The van der Waals surface area contributed by atoms with E-state index in [1.165, 1.54) is 6.08 Å². The molecule has 22 heavy (non-hydrogen) atoms. The molecule has 0 aliphatic heterocycles. The standard InChI is InChI=1S/C16H11Cl2N3O/c17-14-2-1-12(8-15(14)18)7-13(9-19)16(22)21-10-11-3-5-20-6-4-11/h1-8H,10H2,(H,21,22)/b13-7+. The minimum absolute atomic E-state index is 0.00700. The van der Waals surface area contributed by atoms with Crippen LogP contribution in [0.2, 0.25) is 10.0 Å². The SMILES string of the molecule is N#C/C(=C\c1ccc(Cl)c(Cl)c1)C(=O)NCc1ccncc1. The molecule has 6 heteroatoms. The van der Waals surface area contributed by atoms with Gasteiger partial charge in [-0.2, -0.15) is 5.26 Å². The molecule has 1 aromatic heterocycles. The van der Waals surface area contributed by atoms with Crippen molar-refractivity contribution >= 4 is 35.2 Å². The topological polar surface area (TPSA) is 65.8 Å². The van der Waals surface area contributed by atoms with Crippen LogP contribution < -0.4 is 5.32 Å². The Morgan fingerprint density at radius 1 is 1.23 bits per heavy atom. The van der Waals surface area contributed by atoms with E-state index in [4.69, 9.17) is 28.5 Å². The van der Waals surface area contributed by atoms with E-state index >= 15 is 0 Å². The van der Waals surface area contributed by atoms with Crippen molar-refractivity contribution in [2.75, 3.05) is 0 Å². The van der Waals surface area contributed by atoms with Crippen LogP contribution in [0.4, 0.5) is 0 Å². The van der Waals surface area contributed by atoms with E-state index in [0.29, 0.717) is 22.2 Å². The first-order valence-corrected chi connectivity index (χ1v) is 7.09. The number of carbonyl (C=O) groups excluding carboxylic acids is 1. The van der Waals surface area contributed by atoms with E-state index in [1.807, 2.05) is 6.07 Å². The van der Waals surface area contributed by atoms with Gasteiger partial charge in [-0.1, -0.05) is 29.3 Å². The average Bonchev–Trinajstić information content (AvgIpc) is 2.54. The fourth-order valence-electron chi connectivity index (χ4n) is 1.70. The molecule has 0 saturated carbocycles. The number of aromatic nitrogens is 1. The molecule has 1 N–H and O–H groups in total. The number of carbonyl (C=O) groups is 1. The van der Waals surface area contributed by atoms with Gasteiger partial charge in [0.15, 0.2) is 0 Å². The van der Waals surface area contributed by atoms with Crippen molar-refractivity contribution in [3.05, 3.63) is 69.5 Å². The minimum atomic E-state index is -0.453. The second kappa shape index (κ2) is 7.60. The fourth-order valence-corrected chi connectivity index (χ4v) is 2.00. The van der Waals surface area contributed by atoms with Gasteiger partial charge >= 0.3 is 0 Å². The Labute approximate surface area is 138 Å². The molecule has 0 fully saturated rings. The highest BCUT2D eigenvalue weighted by molar-refractivity contribution is 6.42. The maximum atomic E-state index is 12.0. The van der Waals surface area contributed by atoms with Gasteiger partial charge in [0, 0.05) is 18.9 Å². The lowest BCUT2D eigenvalue weighted by molar-refractivity contribution is -0.117. The summed E-state index contributed by atoms with van der Waals surface area (Å²) in [6, 6.07) is 10.3. The van der Waals surface area contributed by atoms with Crippen molar-refractivity contribution in [1.82, 2.24) is 10.3 Å². The predicted molar refractivity (Wildman–Crippen MR) is 86.1 cm³/mol. The van der Waals surface area contributed by atoms with Crippen LogP contribution in [0.25, 0.3) is 6.08 Å². The first kappa shape index (κ1) is 16.0. The first-order chi connectivity index (χ1) is 10.6. The minimum Gasteiger partial charge on any atom is -0.347 e. The van der Waals surface area contributed by atoms with Crippen molar-refractivity contribution in [1.29, 1.82) is 5.26 Å².